The molecule has 0 aromatic heterocycles. The molecule has 0 atom stereocenters. The first-order chi connectivity index (χ1) is 12.0. The minimum Gasteiger partial charge on any atom is -0.454 e. The van der Waals surface area contributed by atoms with E-state index in [1.54, 1.807) is 18.2 Å². The van der Waals surface area contributed by atoms with Crippen molar-refractivity contribution in [3.05, 3.63) is 53.1 Å². The minimum atomic E-state index is -0.414. The summed E-state index contributed by atoms with van der Waals surface area (Å²) in [6, 6.07) is 10.9. The third-order valence-electron chi connectivity index (χ3n) is 3.65. The summed E-state index contributed by atoms with van der Waals surface area (Å²) < 4.78 is 10.4. The molecule has 2 aromatic rings. The average Bonchev–Trinajstić information content (AvgIpc) is 3.08. The zero-order chi connectivity index (χ0) is 17.8. The number of amides is 2. The van der Waals surface area contributed by atoms with Crippen LogP contribution in [-0.4, -0.2) is 24.4 Å². The van der Waals surface area contributed by atoms with Gasteiger partial charge in [0.1, 0.15) is 0 Å². The fourth-order valence-electron chi connectivity index (χ4n) is 2.28. The van der Waals surface area contributed by atoms with E-state index in [1.165, 1.54) is 11.8 Å². The first-order valence-corrected chi connectivity index (χ1v) is 8.70. The second kappa shape index (κ2) is 7.48. The zero-order valence-electron chi connectivity index (χ0n) is 13.9. The highest BCUT2D eigenvalue weighted by molar-refractivity contribution is 8.00. The molecule has 1 heterocycles. The van der Waals surface area contributed by atoms with Gasteiger partial charge in [-0.15, -0.1) is 11.8 Å². The summed E-state index contributed by atoms with van der Waals surface area (Å²) in [5.74, 6) is 0.643. The van der Waals surface area contributed by atoms with Gasteiger partial charge in [0.05, 0.1) is 5.75 Å². The van der Waals surface area contributed by atoms with E-state index in [1.807, 2.05) is 32.0 Å². The molecule has 0 saturated carbocycles. The Kier molecular flexibility index (Phi) is 5.14. The molecule has 0 saturated heterocycles. The van der Waals surface area contributed by atoms with Crippen molar-refractivity contribution >= 4 is 23.6 Å². The van der Waals surface area contributed by atoms with Gasteiger partial charge in [0.2, 0.25) is 12.7 Å². The lowest BCUT2D eigenvalue weighted by Crippen LogP contribution is -2.42. The van der Waals surface area contributed by atoms with E-state index in [4.69, 9.17) is 9.47 Å². The van der Waals surface area contributed by atoms with Crippen LogP contribution < -0.4 is 20.3 Å². The highest BCUT2D eigenvalue weighted by atomic mass is 32.2. The van der Waals surface area contributed by atoms with Crippen molar-refractivity contribution in [2.24, 2.45) is 0 Å². The first-order valence-electron chi connectivity index (χ1n) is 7.72. The summed E-state index contributed by atoms with van der Waals surface area (Å²) in [6.45, 7) is 4.16. The van der Waals surface area contributed by atoms with Crippen LogP contribution in [0.4, 0.5) is 0 Å². The van der Waals surface area contributed by atoms with Gasteiger partial charge in [-0.2, -0.15) is 0 Å². The van der Waals surface area contributed by atoms with E-state index < -0.39 is 5.91 Å². The van der Waals surface area contributed by atoms with E-state index in [0.717, 1.165) is 16.0 Å². The molecule has 7 heteroatoms. The lowest BCUT2D eigenvalue weighted by atomic mass is 10.2. The zero-order valence-corrected chi connectivity index (χ0v) is 14.7. The van der Waals surface area contributed by atoms with Gasteiger partial charge in [0.15, 0.2) is 11.5 Å². The number of carbonyl (C=O) groups excluding carboxylic acids is 2. The summed E-state index contributed by atoms with van der Waals surface area (Å²) in [5.41, 5.74) is 7.47. The van der Waals surface area contributed by atoms with Gasteiger partial charge in [-0.3, -0.25) is 20.4 Å². The summed E-state index contributed by atoms with van der Waals surface area (Å²) in [4.78, 5) is 25.1. The van der Waals surface area contributed by atoms with Crippen molar-refractivity contribution in [1.29, 1.82) is 0 Å². The van der Waals surface area contributed by atoms with Crippen LogP contribution in [-0.2, 0) is 4.79 Å². The van der Waals surface area contributed by atoms with Crippen molar-refractivity contribution < 1.29 is 19.1 Å². The van der Waals surface area contributed by atoms with E-state index in [9.17, 15) is 9.59 Å². The van der Waals surface area contributed by atoms with Crippen LogP contribution in [0.2, 0.25) is 0 Å². The standard InChI is InChI=1S/C18H18N2O4S/c1-11-3-4-12(2)16(7-11)25-9-17(21)19-20-18(22)13-5-6-14-15(8-13)24-10-23-14/h3-8H,9-10H2,1-2H3,(H,19,21)(H,20,22). The largest absolute Gasteiger partial charge is 0.454 e. The smallest absolute Gasteiger partial charge is 0.269 e. The molecule has 0 unspecified atom stereocenters. The van der Waals surface area contributed by atoms with Crippen LogP contribution >= 0.6 is 11.8 Å². The predicted octanol–water partition coefficient (Wildman–Crippen LogP) is 2.59. The molecule has 25 heavy (non-hydrogen) atoms. The summed E-state index contributed by atoms with van der Waals surface area (Å²) in [5, 5.41) is 0. The minimum absolute atomic E-state index is 0.146. The van der Waals surface area contributed by atoms with Gasteiger partial charge >= 0.3 is 0 Å². The number of nitrogens with one attached hydrogen (secondary N) is 2. The Morgan fingerprint density at radius 2 is 1.84 bits per heavy atom. The first kappa shape index (κ1) is 17.2. The summed E-state index contributed by atoms with van der Waals surface area (Å²) in [7, 11) is 0. The normalized spacial score (nSPS) is 11.9. The Morgan fingerprint density at radius 3 is 2.68 bits per heavy atom. The number of rotatable bonds is 4. The average molecular weight is 358 g/mol. The maximum absolute atomic E-state index is 12.1. The Morgan fingerprint density at radius 1 is 1.04 bits per heavy atom. The van der Waals surface area contributed by atoms with Crippen LogP contribution in [0.3, 0.4) is 0 Å². The fourth-order valence-corrected chi connectivity index (χ4v) is 3.20. The van der Waals surface area contributed by atoms with Crippen LogP contribution in [0.15, 0.2) is 41.3 Å². The number of carbonyl (C=O) groups is 2. The molecule has 0 fully saturated rings. The van der Waals surface area contributed by atoms with Crippen molar-refractivity contribution in [2.45, 2.75) is 18.7 Å². The molecule has 2 amide bonds. The van der Waals surface area contributed by atoms with E-state index >= 15 is 0 Å². The molecule has 3 rings (SSSR count). The highest BCUT2D eigenvalue weighted by Gasteiger charge is 2.16. The molecule has 1 aliphatic rings. The number of hydrazine groups is 1. The summed E-state index contributed by atoms with van der Waals surface area (Å²) in [6.07, 6.45) is 0. The van der Waals surface area contributed by atoms with Crippen LogP contribution in [0.1, 0.15) is 21.5 Å². The number of aryl methyl sites for hydroxylation is 2. The topological polar surface area (TPSA) is 76.7 Å². The van der Waals surface area contributed by atoms with Gasteiger partial charge in [-0.05, 0) is 43.7 Å². The molecule has 0 radical (unpaired) electrons. The molecule has 1 aliphatic heterocycles. The van der Waals surface area contributed by atoms with Crippen LogP contribution in [0.25, 0.3) is 0 Å². The van der Waals surface area contributed by atoms with Gasteiger partial charge in [0, 0.05) is 10.5 Å². The molecular weight excluding hydrogens is 340 g/mol. The van der Waals surface area contributed by atoms with Gasteiger partial charge in [-0.25, -0.2) is 0 Å². The van der Waals surface area contributed by atoms with Gasteiger partial charge < -0.3 is 9.47 Å². The second-order valence-electron chi connectivity index (χ2n) is 5.63. The highest BCUT2D eigenvalue weighted by Crippen LogP contribution is 2.32. The molecule has 0 aliphatic carbocycles. The number of thioether (sulfide) groups is 1. The molecule has 0 bridgehead atoms. The van der Waals surface area contributed by atoms with E-state index in [-0.39, 0.29) is 18.5 Å². The number of fused-ring (bicyclic) bond motifs is 1. The lowest BCUT2D eigenvalue weighted by molar-refractivity contribution is -0.119. The molecule has 130 valence electrons. The fraction of sp³-hybridized carbons (Fsp3) is 0.222. The Balaban J connectivity index is 1.50. The lowest BCUT2D eigenvalue weighted by Gasteiger charge is -2.09. The third kappa shape index (κ3) is 4.24. The number of hydrogen-bond donors (Lipinski definition) is 2. The molecule has 0 spiro atoms. The number of benzene rings is 2. The third-order valence-corrected chi connectivity index (χ3v) is 4.81. The Hall–Kier alpha value is -2.67. The number of hydrogen-bond acceptors (Lipinski definition) is 5. The van der Waals surface area contributed by atoms with E-state index in [2.05, 4.69) is 10.9 Å². The molecular formula is C18H18N2O4S. The van der Waals surface area contributed by atoms with Gasteiger partial charge in [0.25, 0.3) is 5.91 Å². The monoisotopic (exact) mass is 358 g/mol. The van der Waals surface area contributed by atoms with Crippen molar-refractivity contribution in [1.82, 2.24) is 10.9 Å². The van der Waals surface area contributed by atoms with Gasteiger partial charge in [-0.1, -0.05) is 17.7 Å². The Bertz CT molecular complexity index is 823. The summed E-state index contributed by atoms with van der Waals surface area (Å²) >= 11 is 1.43. The second-order valence-corrected chi connectivity index (χ2v) is 6.65. The van der Waals surface area contributed by atoms with Crippen LogP contribution in [0, 0.1) is 13.8 Å². The molecule has 6 nitrogen and oxygen atoms in total. The maximum atomic E-state index is 12.1. The van der Waals surface area contributed by atoms with E-state index in [0.29, 0.717) is 17.1 Å². The van der Waals surface area contributed by atoms with Crippen molar-refractivity contribution in [3.8, 4) is 11.5 Å². The SMILES string of the molecule is Cc1ccc(C)c(SCC(=O)NNC(=O)c2ccc3c(c2)OCO3)c1. The van der Waals surface area contributed by atoms with Crippen molar-refractivity contribution in [2.75, 3.05) is 12.5 Å². The quantitative estimate of drug-likeness (QED) is 0.649. The molecule has 2 N–H and O–H groups in total. The van der Waals surface area contributed by atoms with Crippen molar-refractivity contribution in [3.63, 3.8) is 0 Å². The predicted molar refractivity (Wildman–Crippen MR) is 94.8 cm³/mol. The maximum Gasteiger partial charge on any atom is 0.269 e. The van der Waals surface area contributed by atoms with Crippen LogP contribution in [0.5, 0.6) is 11.5 Å². The number of ether oxygens (including phenoxy) is 2. The molecule has 2 aromatic carbocycles. The Labute approximate surface area is 149 Å².